The third kappa shape index (κ3) is 3.12. The monoisotopic (exact) mass is 376 g/mol. The lowest BCUT2D eigenvalue weighted by atomic mass is 10.2. The number of hydrogen-bond acceptors (Lipinski definition) is 5. The Morgan fingerprint density at radius 3 is 2.84 bits per heavy atom. The minimum atomic E-state index is -0.337. The average molecular weight is 377 g/mol. The molecule has 128 valence electrons. The molecular formula is C17H13ClN2O4S. The van der Waals surface area contributed by atoms with Gasteiger partial charge in [-0.25, -0.2) is 0 Å². The minimum Gasteiger partial charge on any atom is -0.454 e. The Labute approximate surface area is 153 Å². The number of carbonyl (C=O) groups excluding carboxylic acids is 2. The standard InChI is InChI=1S/C17H13ClN2O4S/c18-10-5-13-14(24-9-23-13)6-11(10)19-16(21)7-20-12-3-1-2-4-15(12)25-8-17(20)22/h1-6H,7-9H2,(H,19,21). The van der Waals surface area contributed by atoms with Crippen molar-refractivity contribution < 1.29 is 19.1 Å². The van der Waals surface area contributed by atoms with Gasteiger partial charge in [-0.3, -0.25) is 9.59 Å². The number of carbonyl (C=O) groups is 2. The highest BCUT2D eigenvalue weighted by atomic mass is 35.5. The first kappa shape index (κ1) is 16.1. The molecule has 0 unspecified atom stereocenters. The molecule has 6 nitrogen and oxygen atoms in total. The van der Waals surface area contributed by atoms with Gasteiger partial charge in [0.15, 0.2) is 11.5 Å². The first-order chi connectivity index (χ1) is 12.1. The van der Waals surface area contributed by atoms with Gasteiger partial charge in [0.25, 0.3) is 0 Å². The fourth-order valence-corrected chi connectivity index (χ4v) is 3.81. The third-order valence-corrected chi connectivity index (χ3v) is 5.21. The summed E-state index contributed by atoms with van der Waals surface area (Å²) in [4.78, 5) is 27.1. The number of para-hydroxylation sites is 1. The summed E-state index contributed by atoms with van der Waals surface area (Å²) < 4.78 is 10.5. The molecular weight excluding hydrogens is 364 g/mol. The van der Waals surface area contributed by atoms with Gasteiger partial charge in [0.2, 0.25) is 18.6 Å². The van der Waals surface area contributed by atoms with Crippen LogP contribution in [0.4, 0.5) is 11.4 Å². The van der Waals surface area contributed by atoms with Gasteiger partial charge in [-0.15, -0.1) is 11.8 Å². The zero-order valence-electron chi connectivity index (χ0n) is 13.0. The van der Waals surface area contributed by atoms with Crippen LogP contribution in [0.5, 0.6) is 11.5 Å². The number of benzene rings is 2. The van der Waals surface area contributed by atoms with Gasteiger partial charge in [0.05, 0.1) is 22.2 Å². The minimum absolute atomic E-state index is 0.0822. The number of rotatable bonds is 3. The van der Waals surface area contributed by atoms with Gasteiger partial charge >= 0.3 is 0 Å². The molecule has 0 bridgehead atoms. The number of hydrogen-bond donors (Lipinski definition) is 1. The molecule has 2 heterocycles. The summed E-state index contributed by atoms with van der Waals surface area (Å²) in [5.41, 5.74) is 1.17. The zero-order valence-corrected chi connectivity index (χ0v) is 14.5. The lowest BCUT2D eigenvalue weighted by Crippen LogP contribution is -2.41. The van der Waals surface area contributed by atoms with Crippen LogP contribution in [0, 0.1) is 0 Å². The highest BCUT2D eigenvalue weighted by Crippen LogP contribution is 2.39. The van der Waals surface area contributed by atoms with Crippen molar-refractivity contribution in [1.29, 1.82) is 0 Å². The Morgan fingerprint density at radius 1 is 1.24 bits per heavy atom. The van der Waals surface area contributed by atoms with Crippen molar-refractivity contribution in [3.05, 3.63) is 41.4 Å². The first-order valence-electron chi connectivity index (χ1n) is 7.53. The molecule has 8 heteroatoms. The molecule has 2 aromatic rings. The van der Waals surface area contributed by atoms with E-state index in [-0.39, 0.29) is 25.2 Å². The number of fused-ring (bicyclic) bond motifs is 2. The number of nitrogens with zero attached hydrogens (tertiary/aromatic N) is 1. The smallest absolute Gasteiger partial charge is 0.244 e. The van der Waals surface area contributed by atoms with Crippen LogP contribution < -0.4 is 19.7 Å². The second-order valence-corrected chi connectivity index (χ2v) is 6.89. The van der Waals surface area contributed by atoms with E-state index in [0.29, 0.717) is 28.0 Å². The van der Waals surface area contributed by atoms with Crippen molar-refractivity contribution in [2.75, 3.05) is 29.3 Å². The number of amides is 2. The van der Waals surface area contributed by atoms with Crippen molar-refractivity contribution in [1.82, 2.24) is 0 Å². The van der Waals surface area contributed by atoms with E-state index in [1.165, 1.54) is 16.7 Å². The van der Waals surface area contributed by atoms with Crippen molar-refractivity contribution in [2.45, 2.75) is 4.90 Å². The SMILES string of the molecule is O=C(CN1C(=O)CSc2ccccc21)Nc1cc2c(cc1Cl)OCO2. The predicted molar refractivity (Wildman–Crippen MR) is 95.7 cm³/mol. The quantitative estimate of drug-likeness (QED) is 0.891. The van der Waals surface area contributed by atoms with Gasteiger partial charge < -0.3 is 19.7 Å². The Hall–Kier alpha value is -2.38. The number of ether oxygens (including phenoxy) is 2. The van der Waals surface area contributed by atoms with Crippen molar-refractivity contribution in [3.63, 3.8) is 0 Å². The molecule has 1 N–H and O–H groups in total. The Balaban J connectivity index is 1.52. The molecule has 0 aliphatic carbocycles. The predicted octanol–water partition coefficient (Wildman–Crippen LogP) is 3.15. The van der Waals surface area contributed by atoms with Gasteiger partial charge in [0, 0.05) is 17.0 Å². The molecule has 0 fully saturated rings. The topological polar surface area (TPSA) is 67.9 Å². The first-order valence-corrected chi connectivity index (χ1v) is 8.89. The van der Waals surface area contributed by atoms with Gasteiger partial charge in [-0.1, -0.05) is 23.7 Å². The molecule has 0 saturated carbocycles. The van der Waals surface area contributed by atoms with Gasteiger partial charge in [0.1, 0.15) is 6.54 Å². The molecule has 0 aromatic heterocycles. The zero-order chi connectivity index (χ0) is 17.4. The third-order valence-electron chi connectivity index (χ3n) is 3.85. The molecule has 0 radical (unpaired) electrons. The van der Waals surface area contributed by atoms with Crippen LogP contribution in [0.3, 0.4) is 0 Å². The molecule has 2 aliphatic heterocycles. The maximum atomic E-state index is 12.4. The average Bonchev–Trinajstić information content (AvgIpc) is 3.05. The molecule has 2 aliphatic rings. The van der Waals surface area contributed by atoms with Gasteiger partial charge in [-0.2, -0.15) is 0 Å². The fourth-order valence-electron chi connectivity index (χ4n) is 2.67. The fraction of sp³-hybridized carbons (Fsp3) is 0.176. The van der Waals surface area contributed by atoms with Crippen LogP contribution in [0.25, 0.3) is 0 Å². The van der Waals surface area contributed by atoms with E-state index in [1.54, 1.807) is 12.1 Å². The Morgan fingerprint density at radius 2 is 2.00 bits per heavy atom. The summed E-state index contributed by atoms with van der Waals surface area (Å²) in [5, 5.41) is 3.08. The van der Waals surface area contributed by atoms with Crippen molar-refractivity contribution >= 4 is 46.6 Å². The molecule has 2 amide bonds. The molecule has 4 rings (SSSR count). The second kappa shape index (κ2) is 6.50. The van der Waals surface area contributed by atoms with Crippen LogP contribution in [-0.4, -0.2) is 30.9 Å². The lowest BCUT2D eigenvalue weighted by Gasteiger charge is -2.28. The summed E-state index contributed by atoms with van der Waals surface area (Å²) in [6.07, 6.45) is 0. The van der Waals surface area contributed by atoms with Crippen LogP contribution >= 0.6 is 23.4 Å². The maximum absolute atomic E-state index is 12.4. The van der Waals surface area contributed by atoms with E-state index in [1.807, 2.05) is 24.3 Å². The van der Waals surface area contributed by atoms with E-state index in [4.69, 9.17) is 21.1 Å². The van der Waals surface area contributed by atoms with E-state index >= 15 is 0 Å². The van der Waals surface area contributed by atoms with Crippen LogP contribution in [0.2, 0.25) is 5.02 Å². The Bertz CT molecular complexity index is 874. The molecule has 0 spiro atoms. The number of nitrogens with one attached hydrogen (secondary N) is 1. The summed E-state index contributed by atoms with van der Waals surface area (Å²) in [5.74, 6) is 0.942. The second-order valence-electron chi connectivity index (χ2n) is 5.47. The van der Waals surface area contributed by atoms with Crippen LogP contribution in [0.15, 0.2) is 41.3 Å². The largest absolute Gasteiger partial charge is 0.454 e. The Kier molecular flexibility index (Phi) is 4.19. The molecule has 0 atom stereocenters. The van der Waals surface area contributed by atoms with Crippen LogP contribution in [-0.2, 0) is 9.59 Å². The number of halogens is 1. The highest BCUT2D eigenvalue weighted by molar-refractivity contribution is 8.00. The van der Waals surface area contributed by atoms with E-state index in [9.17, 15) is 9.59 Å². The normalized spacial score (nSPS) is 15.1. The number of anilines is 2. The van der Waals surface area contributed by atoms with E-state index in [2.05, 4.69) is 5.32 Å². The summed E-state index contributed by atoms with van der Waals surface area (Å²) >= 11 is 7.64. The van der Waals surface area contributed by atoms with Gasteiger partial charge in [-0.05, 0) is 12.1 Å². The molecule has 2 aromatic carbocycles. The molecule has 25 heavy (non-hydrogen) atoms. The maximum Gasteiger partial charge on any atom is 0.244 e. The van der Waals surface area contributed by atoms with Crippen molar-refractivity contribution in [3.8, 4) is 11.5 Å². The lowest BCUT2D eigenvalue weighted by molar-refractivity contribution is -0.120. The van der Waals surface area contributed by atoms with E-state index in [0.717, 1.165) is 10.6 Å². The van der Waals surface area contributed by atoms with Crippen molar-refractivity contribution in [2.24, 2.45) is 0 Å². The van der Waals surface area contributed by atoms with Crippen LogP contribution in [0.1, 0.15) is 0 Å². The summed E-state index contributed by atoms with van der Waals surface area (Å²) in [7, 11) is 0. The summed E-state index contributed by atoms with van der Waals surface area (Å²) in [6.45, 7) is 0.0426. The highest BCUT2D eigenvalue weighted by Gasteiger charge is 2.26. The summed E-state index contributed by atoms with van der Waals surface area (Å²) in [6, 6.07) is 10.7. The van der Waals surface area contributed by atoms with E-state index < -0.39 is 0 Å². The molecule has 0 saturated heterocycles. The number of thioether (sulfide) groups is 1.